The maximum absolute atomic E-state index is 5.61. The van der Waals surface area contributed by atoms with Crippen LogP contribution in [0.3, 0.4) is 0 Å². The van der Waals surface area contributed by atoms with Crippen molar-refractivity contribution in [3.8, 4) is 17.6 Å². The first kappa shape index (κ1) is 13.0. The van der Waals surface area contributed by atoms with Gasteiger partial charge in [0.15, 0.2) is 0 Å². The fourth-order valence-electron chi connectivity index (χ4n) is 2.53. The average Bonchev–Trinajstić information content (AvgIpc) is 2.39. The van der Waals surface area contributed by atoms with E-state index in [4.69, 9.17) is 4.74 Å². The minimum absolute atomic E-state index is 0.478. The van der Waals surface area contributed by atoms with E-state index in [2.05, 4.69) is 42.3 Å². The third-order valence-corrected chi connectivity index (χ3v) is 3.37. The fourth-order valence-corrected chi connectivity index (χ4v) is 2.53. The summed E-state index contributed by atoms with van der Waals surface area (Å²) in [6.45, 7) is 5.49. The second-order valence-corrected chi connectivity index (χ2v) is 4.58. The molecule has 1 atom stereocenters. The number of ether oxygens (including phenoxy) is 1. The molecule has 1 aromatic carbocycles. The number of aryl methyl sites for hydroxylation is 1. The van der Waals surface area contributed by atoms with Crippen LogP contribution in [-0.2, 0) is 6.42 Å². The van der Waals surface area contributed by atoms with Crippen LogP contribution in [0.5, 0.6) is 5.75 Å². The summed E-state index contributed by atoms with van der Waals surface area (Å²) < 4.78 is 5.61. The minimum atomic E-state index is 0.478. The molecule has 0 radical (unpaired) electrons. The molecule has 0 heterocycles. The van der Waals surface area contributed by atoms with Crippen molar-refractivity contribution in [1.82, 2.24) is 5.32 Å². The second-order valence-electron chi connectivity index (χ2n) is 4.58. The Bertz CT molecular complexity index is 456. The van der Waals surface area contributed by atoms with Crippen LogP contribution in [0.25, 0.3) is 0 Å². The van der Waals surface area contributed by atoms with Crippen molar-refractivity contribution in [2.45, 2.75) is 39.2 Å². The molecular formula is C16H21NO. The lowest BCUT2D eigenvalue weighted by atomic mass is 9.87. The predicted molar refractivity (Wildman–Crippen MR) is 74.7 cm³/mol. The molecule has 0 saturated heterocycles. The van der Waals surface area contributed by atoms with Gasteiger partial charge in [0.1, 0.15) is 12.4 Å². The van der Waals surface area contributed by atoms with Gasteiger partial charge in [-0.05, 0) is 56.0 Å². The van der Waals surface area contributed by atoms with E-state index < -0.39 is 0 Å². The lowest BCUT2D eigenvalue weighted by molar-refractivity contribution is 0.368. The molecule has 0 amide bonds. The molecule has 0 spiro atoms. The zero-order valence-electron chi connectivity index (χ0n) is 11.3. The predicted octanol–water partition coefficient (Wildman–Crippen LogP) is 3.08. The molecule has 2 nitrogen and oxygen atoms in total. The summed E-state index contributed by atoms with van der Waals surface area (Å²) in [4.78, 5) is 0. The molecule has 0 bridgehead atoms. The minimum Gasteiger partial charge on any atom is -0.481 e. The number of rotatable bonds is 4. The van der Waals surface area contributed by atoms with Gasteiger partial charge in [0, 0.05) is 6.04 Å². The van der Waals surface area contributed by atoms with Crippen LogP contribution in [0.15, 0.2) is 18.2 Å². The summed E-state index contributed by atoms with van der Waals surface area (Å²) in [5, 5.41) is 3.55. The van der Waals surface area contributed by atoms with E-state index in [-0.39, 0.29) is 0 Å². The maximum atomic E-state index is 5.61. The number of hydrogen-bond acceptors (Lipinski definition) is 2. The van der Waals surface area contributed by atoms with Crippen LogP contribution in [0.4, 0.5) is 0 Å². The Morgan fingerprint density at radius 2 is 2.33 bits per heavy atom. The number of hydrogen-bond donors (Lipinski definition) is 1. The number of benzene rings is 1. The van der Waals surface area contributed by atoms with Crippen LogP contribution < -0.4 is 10.1 Å². The van der Waals surface area contributed by atoms with Crippen molar-refractivity contribution in [2.24, 2.45) is 0 Å². The van der Waals surface area contributed by atoms with Gasteiger partial charge >= 0.3 is 0 Å². The molecule has 18 heavy (non-hydrogen) atoms. The van der Waals surface area contributed by atoms with Crippen molar-refractivity contribution < 1.29 is 4.74 Å². The molecular weight excluding hydrogens is 222 g/mol. The highest BCUT2D eigenvalue weighted by molar-refractivity contribution is 5.39. The fraction of sp³-hybridized carbons (Fsp3) is 0.500. The molecule has 0 saturated carbocycles. The molecule has 1 aromatic rings. The molecule has 0 aromatic heterocycles. The van der Waals surface area contributed by atoms with Crippen LogP contribution in [0, 0.1) is 11.8 Å². The monoisotopic (exact) mass is 243 g/mol. The van der Waals surface area contributed by atoms with Crippen molar-refractivity contribution in [3.63, 3.8) is 0 Å². The normalized spacial score (nSPS) is 17.6. The van der Waals surface area contributed by atoms with Crippen molar-refractivity contribution in [2.75, 3.05) is 13.2 Å². The van der Waals surface area contributed by atoms with E-state index in [0.717, 1.165) is 18.7 Å². The van der Waals surface area contributed by atoms with Gasteiger partial charge in [-0.3, -0.25) is 0 Å². The summed E-state index contributed by atoms with van der Waals surface area (Å²) in [6, 6.07) is 6.96. The summed E-state index contributed by atoms with van der Waals surface area (Å²) in [6.07, 6.45) is 3.65. The van der Waals surface area contributed by atoms with Gasteiger partial charge in [-0.15, -0.1) is 5.92 Å². The standard InChI is InChI=1S/C16H21NO/c1-3-5-11-18-14-9-10-15-13(12-14)7-6-8-16(15)17-4-2/h9-10,12,16-17H,4,6-8,11H2,1-2H3. The Kier molecular flexibility index (Phi) is 4.66. The molecule has 0 aliphatic heterocycles. The van der Waals surface area contributed by atoms with E-state index >= 15 is 0 Å². The summed E-state index contributed by atoms with van der Waals surface area (Å²) in [7, 11) is 0. The highest BCUT2D eigenvalue weighted by Gasteiger charge is 2.19. The molecule has 2 heteroatoms. The van der Waals surface area contributed by atoms with E-state index in [1.807, 2.05) is 6.92 Å². The van der Waals surface area contributed by atoms with E-state index in [9.17, 15) is 0 Å². The Labute approximate surface area is 110 Å². The average molecular weight is 243 g/mol. The third kappa shape index (κ3) is 3.05. The smallest absolute Gasteiger partial charge is 0.149 e. The molecule has 1 N–H and O–H groups in total. The Morgan fingerprint density at radius 3 is 3.11 bits per heavy atom. The highest BCUT2D eigenvalue weighted by atomic mass is 16.5. The van der Waals surface area contributed by atoms with Gasteiger partial charge in [0.2, 0.25) is 0 Å². The third-order valence-electron chi connectivity index (χ3n) is 3.37. The van der Waals surface area contributed by atoms with Crippen LogP contribution in [0.1, 0.15) is 43.9 Å². The topological polar surface area (TPSA) is 21.3 Å². The van der Waals surface area contributed by atoms with Gasteiger partial charge in [0.25, 0.3) is 0 Å². The molecule has 1 aliphatic rings. The Hall–Kier alpha value is -1.46. The first-order valence-electron chi connectivity index (χ1n) is 6.73. The first-order valence-corrected chi connectivity index (χ1v) is 6.73. The molecule has 2 rings (SSSR count). The Morgan fingerprint density at radius 1 is 1.44 bits per heavy atom. The Balaban J connectivity index is 2.12. The summed E-state index contributed by atoms with van der Waals surface area (Å²) in [5.41, 5.74) is 2.87. The van der Waals surface area contributed by atoms with E-state index in [1.165, 1.54) is 24.0 Å². The number of fused-ring (bicyclic) bond motifs is 1. The zero-order chi connectivity index (χ0) is 12.8. The van der Waals surface area contributed by atoms with Gasteiger partial charge in [0.05, 0.1) is 0 Å². The zero-order valence-corrected chi connectivity index (χ0v) is 11.3. The maximum Gasteiger partial charge on any atom is 0.149 e. The quantitative estimate of drug-likeness (QED) is 0.821. The second kappa shape index (κ2) is 6.47. The summed E-state index contributed by atoms with van der Waals surface area (Å²) >= 11 is 0. The van der Waals surface area contributed by atoms with Crippen molar-refractivity contribution in [3.05, 3.63) is 29.3 Å². The van der Waals surface area contributed by atoms with Gasteiger partial charge in [-0.1, -0.05) is 18.9 Å². The SMILES string of the molecule is CC#CCOc1ccc2c(c1)CCCC2NCC. The highest BCUT2D eigenvalue weighted by Crippen LogP contribution is 2.32. The van der Waals surface area contributed by atoms with Crippen LogP contribution in [0.2, 0.25) is 0 Å². The van der Waals surface area contributed by atoms with E-state index in [0.29, 0.717) is 12.6 Å². The van der Waals surface area contributed by atoms with Gasteiger partial charge in [-0.25, -0.2) is 0 Å². The first-order chi connectivity index (χ1) is 8.85. The van der Waals surface area contributed by atoms with Crippen LogP contribution >= 0.6 is 0 Å². The van der Waals surface area contributed by atoms with Gasteiger partial charge in [-0.2, -0.15) is 0 Å². The molecule has 1 aliphatic carbocycles. The molecule has 1 unspecified atom stereocenters. The lowest BCUT2D eigenvalue weighted by Gasteiger charge is -2.26. The molecule has 96 valence electrons. The summed E-state index contributed by atoms with van der Waals surface area (Å²) in [5.74, 6) is 6.70. The van der Waals surface area contributed by atoms with Gasteiger partial charge < -0.3 is 10.1 Å². The van der Waals surface area contributed by atoms with Crippen molar-refractivity contribution >= 4 is 0 Å². The molecule has 0 fully saturated rings. The lowest BCUT2D eigenvalue weighted by Crippen LogP contribution is -2.24. The van der Waals surface area contributed by atoms with E-state index in [1.54, 1.807) is 0 Å². The largest absolute Gasteiger partial charge is 0.481 e. The number of nitrogens with one attached hydrogen (secondary N) is 1. The van der Waals surface area contributed by atoms with Crippen LogP contribution in [-0.4, -0.2) is 13.2 Å². The van der Waals surface area contributed by atoms with Crippen molar-refractivity contribution in [1.29, 1.82) is 0 Å².